The number of thioether (sulfide) groups is 1. The average Bonchev–Trinajstić information content (AvgIpc) is 3.27. The molecule has 13 heteroatoms. The summed E-state index contributed by atoms with van der Waals surface area (Å²) in [5.41, 5.74) is 1.57. The van der Waals surface area contributed by atoms with Crippen molar-refractivity contribution in [1.82, 2.24) is 19.5 Å². The smallest absolute Gasteiger partial charge is 0.269 e. The van der Waals surface area contributed by atoms with E-state index in [1.807, 2.05) is 0 Å². The number of nitrogens with zero attached hydrogens (tertiary/aromatic N) is 5. The Hall–Kier alpha value is -2.35. The van der Waals surface area contributed by atoms with Gasteiger partial charge < -0.3 is 20.1 Å². The van der Waals surface area contributed by atoms with Gasteiger partial charge in [-0.25, -0.2) is 9.97 Å². The van der Waals surface area contributed by atoms with Crippen LogP contribution in [0.1, 0.15) is 11.8 Å². The Kier molecular flexibility index (Phi) is 5.86. The maximum Gasteiger partial charge on any atom is 0.269 e. The minimum Gasteiger partial charge on any atom is -0.394 e. The van der Waals surface area contributed by atoms with Crippen LogP contribution in [0.5, 0.6) is 0 Å². The van der Waals surface area contributed by atoms with E-state index in [0.717, 1.165) is 5.56 Å². The highest BCUT2D eigenvalue weighted by atomic mass is 35.5. The molecule has 0 amide bonds. The molecular weight excluding hydrogens is 438 g/mol. The fourth-order valence-corrected chi connectivity index (χ4v) is 4.27. The number of aliphatic hydroxyl groups is 3. The van der Waals surface area contributed by atoms with E-state index >= 15 is 0 Å². The van der Waals surface area contributed by atoms with Gasteiger partial charge in [-0.1, -0.05) is 23.9 Å². The first-order chi connectivity index (χ1) is 14.4. The van der Waals surface area contributed by atoms with Crippen LogP contribution in [0.25, 0.3) is 11.2 Å². The van der Waals surface area contributed by atoms with Gasteiger partial charge in [-0.3, -0.25) is 14.7 Å². The predicted molar refractivity (Wildman–Crippen MR) is 106 cm³/mol. The first-order valence-corrected chi connectivity index (χ1v) is 10.1. The number of hydrogen-bond donors (Lipinski definition) is 3. The molecule has 30 heavy (non-hydrogen) atoms. The van der Waals surface area contributed by atoms with Crippen LogP contribution in [0.15, 0.2) is 35.6 Å². The van der Waals surface area contributed by atoms with E-state index in [1.165, 1.54) is 34.8 Å². The molecule has 0 aliphatic carbocycles. The van der Waals surface area contributed by atoms with Crippen LogP contribution in [-0.2, 0) is 10.5 Å². The van der Waals surface area contributed by atoms with E-state index in [9.17, 15) is 25.4 Å². The summed E-state index contributed by atoms with van der Waals surface area (Å²) in [6, 6.07) is 6.16. The number of ether oxygens (including phenoxy) is 1. The van der Waals surface area contributed by atoms with E-state index in [-0.39, 0.29) is 11.0 Å². The van der Waals surface area contributed by atoms with Gasteiger partial charge in [-0.15, -0.1) is 0 Å². The van der Waals surface area contributed by atoms with Gasteiger partial charge >= 0.3 is 0 Å². The third-order valence-corrected chi connectivity index (χ3v) is 5.88. The molecule has 158 valence electrons. The van der Waals surface area contributed by atoms with Gasteiger partial charge in [0.15, 0.2) is 11.9 Å². The van der Waals surface area contributed by atoms with E-state index in [0.29, 0.717) is 21.9 Å². The number of non-ortho nitro benzene ring substituents is 1. The Morgan fingerprint density at radius 3 is 2.60 bits per heavy atom. The molecule has 1 saturated heterocycles. The molecule has 4 rings (SSSR count). The summed E-state index contributed by atoms with van der Waals surface area (Å²) in [5.74, 6) is 0.459. The van der Waals surface area contributed by atoms with Gasteiger partial charge in [-0.05, 0) is 17.2 Å². The zero-order chi connectivity index (χ0) is 21.4. The zero-order valence-corrected chi connectivity index (χ0v) is 16.8. The van der Waals surface area contributed by atoms with E-state index in [2.05, 4.69) is 15.0 Å². The van der Waals surface area contributed by atoms with Crippen LogP contribution in [0.2, 0.25) is 5.28 Å². The second-order valence-electron chi connectivity index (χ2n) is 6.56. The van der Waals surface area contributed by atoms with Gasteiger partial charge in [0.05, 0.1) is 17.9 Å². The number of fused-ring (bicyclic) bond motifs is 1. The van der Waals surface area contributed by atoms with Crippen molar-refractivity contribution in [2.75, 3.05) is 6.61 Å². The van der Waals surface area contributed by atoms with Crippen molar-refractivity contribution < 1.29 is 25.0 Å². The van der Waals surface area contributed by atoms with Crippen molar-refractivity contribution in [1.29, 1.82) is 0 Å². The second-order valence-corrected chi connectivity index (χ2v) is 7.87. The van der Waals surface area contributed by atoms with Gasteiger partial charge in [0, 0.05) is 17.9 Å². The van der Waals surface area contributed by atoms with Crippen LogP contribution in [0, 0.1) is 10.1 Å². The zero-order valence-electron chi connectivity index (χ0n) is 15.2. The minimum absolute atomic E-state index is 0.00783. The summed E-state index contributed by atoms with van der Waals surface area (Å²) in [6.45, 7) is -0.451. The van der Waals surface area contributed by atoms with Crippen LogP contribution in [0.4, 0.5) is 5.69 Å². The molecule has 1 aliphatic rings. The van der Waals surface area contributed by atoms with Crippen LogP contribution < -0.4 is 0 Å². The second kappa shape index (κ2) is 8.41. The summed E-state index contributed by atoms with van der Waals surface area (Å²) in [7, 11) is 0. The van der Waals surface area contributed by atoms with Crippen molar-refractivity contribution in [2.45, 2.75) is 35.3 Å². The number of benzene rings is 1. The third-order valence-electron chi connectivity index (χ3n) is 4.68. The van der Waals surface area contributed by atoms with Crippen molar-refractivity contribution in [3.63, 3.8) is 0 Å². The molecule has 3 aromatic rings. The molecule has 1 fully saturated rings. The standard InChI is InChI=1S/C17H16ClN5O6S/c18-17-20-14-11(19-7-22(14)16-13(26)12(25)10(5-24)29-16)15(21-17)30-6-8-1-3-9(4-2-8)23(27)28/h1-4,7,10,12-13,16,24-26H,5-6H2/t10-,12-,13-,16-/m1/s1. The van der Waals surface area contributed by atoms with E-state index < -0.39 is 36.1 Å². The lowest BCUT2D eigenvalue weighted by Crippen LogP contribution is -2.33. The first kappa shape index (κ1) is 20.9. The molecule has 2 aromatic heterocycles. The molecule has 0 spiro atoms. The normalized spacial score (nSPS) is 23.9. The number of rotatable bonds is 6. The summed E-state index contributed by atoms with van der Waals surface area (Å²) >= 11 is 7.39. The van der Waals surface area contributed by atoms with Crippen molar-refractivity contribution in [3.8, 4) is 0 Å². The highest BCUT2D eigenvalue weighted by Crippen LogP contribution is 2.34. The predicted octanol–water partition coefficient (Wildman–Crippen LogP) is 1.29. The number of halogens is 1. The van der Waals surface area contributed by atoms with E-state index in [1.54, 1.807) is 12.1 Å². The lowest BCUT2D eigenvalue weighted by molar-refractivity contribution is -0.384. The Bertz CT molecular complexity index is 1080. The Morgan fingerprint density at radius 2 is 1.97 bits per heavy atom. The first-order valence-electron chi connectivity index (χ1n) is 8.77. The van der Waals surface area contributed by atoms with Gasteiger partial charge in [-0.2, -0.15) is 4.98 Å². The molecule has 3 heterocycles. The molecule has 0 unspecified atom stereocenters. The largest absolute Gasteiger partial charge is 0.394 e. The molecule has 1 aliphatic heterocycles. The number of aromatic nitrogens is 4. The number of nitro benzene ring substituents is 1. The number of hydrogen-bond acceptors (Lipinski definition) is 10. The quantitative estimate of drug-likeness (QED) is 0.163. The van der Waals surface area contributed by atoms with Gasteiger partial charge in [0.1, 0.15) is 28.9 Å². The Labute approximate surface area is 178 Å². The van der Waals surface area contributed by atoms with Crippen molar-refractivity contribution >= 4 is 40.2 Å². The molecular formula is C17H16ClN5O6S. The Balaban J connectivity index is 1.60. The fraction of sp³-hybridized carbons (Fsp3) is 0.353. The number of imidazole rings is 1. The van der Waals surface area contributed by atoms with Crippen molar-refractivity contribution in [2.24, 2.45) is 0 Å². The minimum atomic E-state index is -1.29. The van der Waals surface area contributed by atoms with Gasteiger partial charge in [0.25, 0.3) is 5.69 Å². The lowest BCUT2D eigenvalue weighted by atomic mass is 10.1. The van der Waals surface area contributed by atoms with Crippen molar-refractivity contribution in [3.05, 3.63) is 51.6 Å². The summed E-state index contributed by atoms with van der Waals surface area (Å²) in [5, 5.41) is 40.8. The van der Waals surface area contributed by atoms with Crippen LogP contribution >= 0.6 is 23.4 Å². The summed E-state index contributed by atoms with van der Waals surface area (Å²) in [4.78, 5) is 23.0. The molecule has 11 nitrogen and oxygen atoms in total. The van der Waals surface area contributed by atoms with E-state index in [4.69, 9.17) is 16.3 Å². The average molecular weight is 454 g/mol. The lowest BCUT2D eigenvalue weighted by Gasteiger charge is -2.16. The van der Waals surface area contributed by atoms with Gasteiger partial charge in [0.2, 0.25) is 5.28 Å². The number of aliphatic hydroxyl groups excluding tert-OH is 3. The summed E-state index contributed by atoms with van der Waals surface area (Å²) < 4.78 is 6.97. The fourth-order valence-electron chi connectivity index (χ4n) is 3.13. The highest BCUT2D eigenvalue weighted by Gasteiger charge is 2.44. The number of nitro groups is 1. The molecule has 0 bridgehead atoms. The molecule has 4 atom stereocenters. The SMILES string of the molecule is O=[N+]([O-])c1ccc(CSc2nc(Cl)nc3c2ncn3[C@@H]2O[C@H](CO)[C@@H](O)[C@H]2O)cc1. The molecule has 0 radical (unpaired) electrons. The maximum absolute atomic E-state index is 10.8. The highest BCUT2D eigenvalue weighted by molar-refractivity contribution is 7.98. The monoisotopic (exact) mass is 453 g/mol. The summed E-state index contributed by atoms with van der Waals surface area (Å²) in [6.07, 6.45) is -3.09. The maximum atomic E-state index is 10.8. The van der Waals surface area contributed by atoms with Crippen LogP contribution in [-0.4, -0.2) is 64.7 Å². The molecule has 1 aromatic carbocycles. The van der Waals surface area contributed by atoms with Crippen LogP contribution in [0.3, 0.4) is 0 Å². The molecule has 0 saturated carbocycles. The molecule has 3 N–H and O–H groups in total. The topological polar surface area (TPSA) is 157 Å². The third kappa shape index (κ3) is 3.85. The Morgan fingerprint density at radius 1 is 1.23 bits per heavy atom.